The predicted molar refractivity (Wildman–Crippen MR) is 75.0 cm³/mol. The van der Waals surface area contributed by atoms with E-state index in [-0.39, 0.29) is 0 Å². The van der Waals surface area contributed by atoms with Gasteiger partial charge >= 0.3 is 0 Å². The van der Waals surface area contributed by atoms with Crippen LogP contribution < -0.4 is 5.32 Å². The molecule has 0 aliphatic heterocycles. The number of rotatable bonds is 4. The quantitative estimate of drug-likeness (QED) is 0.894. The van der Waals surface area contributed by atoms with Gasteiger partial charge in [-0.15, -0.1) is 0 Å². The molecule has 0 aromatic heterocycles. The number of halogens is 1. The van der Waals surface area contributed by atoms with Gasteiger partial charge in [-0.3, -0.25) is 0 Å². The minimum Gasteiger partial charge on any atom is -0.319 e. The van der Waals surface area contributed by atoms with Crippen LogP contribution >= 0.6 is 15.9 Å². The normalized spacial score (nSPS) is 34.7. The van der Waals surface area contributed by atoms with Gasteiger partial charge in [-0.05, 0) is 61.6 Å². The van der Waals surface area contributed by atoms with Gasteiger partial charge in [0.25, 0.3) is 0 Å². The van der Waals surface area contributed by atoms with E-state index in [0.29, 0.717) is 5.41 Å². The molecule has 0 spiro atoms. The van der Waals surface area contributed by atoms with Crippen LogP contribution in [0.5, 0.6) is 0 Å². The first-order chi connectivity index (χ1) is 8.22. The molecule has 17 heavy (non-hydrogen) atoms. The van der Waals surface area contributed by atoms with Gasteiger partial charge < -0.3 is 5.32 Å². The zero-order valence-corrected chi connectivity index (χ0v) is 12.0. The van der Waals surface area contributed by atoms with E-state index in [1.807, 2.05) is 0 Å². The Kier molecular flexibility index (Phi) is 3.04. The van der Waals surface area contributed by atoms with E-state index >= 15 is 0 Å². The highest BCUT2D eigenvalue weighted by molar-refractivity contribution is 9.10. The lowest BCUT2D eigenvalue weighted by Gasteiger charge is -2.31. The molecule has 2 unspecified atom stereocenters. The number of fused-ring (bicyclic) bond motifs is 1. The number of nitrogens with one attached hydrogen (secondary N) is 1. The van der Waals surface area contributed by atoms with Crippen molar-refractivity contribution in [3.05, 3.63) is 34.3 Å². The minimum absolute atomic E-state index is 0.520. The molecule has 2 fully saturated rings. The van der Waals surface area contributed by atoms with Gasteiger partial charge in [0.15, 0.2) is 0 Å². The zero-order valence-electron chi connectivity index (χ0n) is 10.4. The molecule has 3 rings (SSSR count). The topological polar surface area (TPSA) is 12.0 Å². The summed E-state index contributed by atoms with van der Waals surface area (Å²) in [5.74, 6) is 2.09. The minimum atomic E-state index is 0.520. The van der Waals surface area contributed by atoms with Crippen LogP contribution in [0.25, 0.3) is 0 Å². The van der Waals surface area contributed by atoms with Crippen LogP contribution in [-0.2, 0) is 6.42 Å². The van der Waals surface area contributed by atoms with E-state index in [4.69, 9.17) is 0 Å². The van der Waals surface area contributed by atoms with Crippen molar-refractivity contribution in [2.75, 3.05) is 13.6 Å². The van der Waals surface area contributed by atoms with Crippen LogP contribution in [0.1, 0.15) is 24.8 Å². The molecule has 1 N–H and O–H groups in total. The van der Waals surface area contributed by atoms with Crippen molar-refractivity contribution in [1.82, 2.24) is 5.32 Å². The van der Waals surface area contributed by atoms with E-state index in [1.165, 1.54) is 42.3 Å². The summed E-state index contributed by atoms with van der Waals surface area (Å²) in [5, 5.41) is 3.42. The molecule has 2 saturated carbocycles. The number of hydrogen-bond donors (Lipinski definition) is 1. The summed E-state index contributed by atoms with van der Waals surface area (Å²) < 4.78 is 1.27. The maximum atomic E-state index is 3.68. The standard InChI is InChI=1S/C15H20BrN/c1-17-10-15(8-12-6-13(12)9-15)7-11-4-2-3-5-14(11)16/h2-5,12-13,17H,6-10H2,1H3. The summed E-state index contributed by atoms with van der Waals surface area (Å²) >= 11 is 3.68. The van der Waals surface area contributed by atoms with E-state index in [0.717, 1.165) is 11.8 Å². The Morgan fingerprint density at radius 2 is 2.00 bits per heavy atom. The number of benzene rings is 1. The van der Waals surface area contributed by atoms with Crippen molar-refractivity contribution in [1.29, 1.82) is 0 Å². The Labute approximate surface area is 112 Å². The molecular formula is C15H20BrN. The first-order valence-corrected chi connectivity index (χ1v) is 7.40. The van der Waals surface area contributed by atoms with Crippen molar-refractivity contribution in [3.8, 4) is 0 Å². The van der Waals surface area contributed by atoms with Gasteiger partial charge in [-0.2, -0.15) is 0 Å². The summed E-state index contributed by atoms with van der Waals surface area (Å²) in [4.78, 5) is 0. The van der Waals surface area contributed by atoms with Crippen LogP contribution in [-0.4, -0.2) is 13.6 Å². The Morgan fingerprint density at radius 3 is 2.65 bits per heavy atom. The summed E-state index contributed by atoms with van der Waals surface area (Å²) in [5.41, 5.74) is 2.00. The molecule has 0 heterocycles. The fraction of sp³-hybridized carbons (Fsp3) is 0.600. The third kappa shape index (κ3) is 2.30. The second-order valence-electron chi connectivity index (χ2n) is 5.96. The molecule has 1 aromatic rings. The fourth-order valence-corrected chi connectivity index (χ4v) is 4.20. The van der Waals surface area contributed by atoms with Crippen LogP contribution in [0.2, 0.25) is 0 Å². The highest BCUT2D eigenvalue weighted by atomic mass is 79.9. The lowest BCUT2D eigenvalue weighted by molar-refractivity contribution is 0.255. The van der Waals surface area contributed by atoms with E-state index in [9.17, 15) is 0 Å². The molecule has 0 bridgehead atoms. The first-order valence-electron chi connectivity index (χ1n) is 6.60. The maximum Gasteiger partial charge on any atom is 0.0207 e. The molecule has 1 aromatic carbocycles. The first kappa shape index (κ1) is 11.7. The fourth-order valence-electron chi connectivity index (χ4n) is 3.78. The second kappa shape index (κ2) is 4.40. The Bertz CT molecular complexity index is 405. The molecule has 2 aliphatic carbocycles. The van der Waals surface area contributed by atoms with Crippen molar-refractivity contribution in [2.45, 2.75) is 25.7 Å². The van der Waals surface area contributed by atoms with Crippen molar-refractivity contribution in [3.63, 3.8) is 0 Å². The maximum absolute atomic E-state index is 3.68. The SMILES string of the molecule is CNCC1(Cc2ccccc2Br)CC2CC2C1. The highest BCUT2D eigenvalue weighted by Crippen LogP contribution is 2.60. The smallest absolute Gasteiger partial charge is 0.0207 e. The summed E-state index contributed by atoms with van der Waals surface area (Å²) in [7, 11) is 2.09. The van der Waals surface area contributed by atoms with Crippen molar-refractivity contribution in [2.24, 2.45) is 17.3 Å². The van der Waals surface area contributed by atoms with E-state index in [2.05, 4.69) is 52.6 Å². The van der Waals surface area contributed by atoms with Gasteiger partial charge in [0.1, 0.15) is 0 Å². The average Bonchev–Trinajstić information content (AvgIpc) is 2.91. The molecule has 0 saturated heterocycles. The van der Waals surface area contributed by atoms with E-state index < -0.39 is 0 Å². The number of hydrogen-bond acceptors (Lipinski definition) is 1. The van der Waals surface area contributed by atoms with Crippen LogP contribution in [0.3, 0.4) is 0 Å². The highest BCUT2D eigenvalue weighted by Gasteiger charge is 2.53. The van der Waals surface area contributed by atoms with Gasteiger partial charge in [-0.1, -0.05) is 34.1 Å². The molecule has 2 heteroatoms. The van der Waals surface area contributed by atoms with Gasteiger partial charge in [0.05, 0.1) is 0 Å². The van der Waals surface area contributed by atoms with Crippen molar-refractivity contribution < 1.29 is 0 Å². The summed E-state index contributed by atoms with van der Waals surface area (Å²) in [6.45, 7) is 1.17. The monoisotopic (exact) mass is 293 g/mol. The lowest BCUT2D eigenvalue weighted by atomic mass is 9.77. The lowest BCUT2D eigenvalue weighted by Crippen LogP contribution is -2.33. The van der Waals surface area contributed by atoms with Gasteiger partial charge in [0.2, 0.25) is 0 Å². The molecule has 0 radical (unpaired) electrons. The van der Waals surface area contributed by atoms with Crippen LogP contribution in [0, 0.1) is 17.3 Å². The van der Waals surface area contributed by atoms with E-state index in [1.54, 1.807) is 0 Å². The Balaban J connectivity index is 1.79. The second-order valence-corrected chi connectivity index (χ2v) is 6.82. The zero-order chi connectivity index (χ0) is 11.9. The largest absolute Gasteiger partial charge is 0.319 e. The molecule has 2 atom stereocenters. The van der Waals surface area contributed by atoms with Crippen LogP contribution in [0.15, 0.2) is 28.7 Å². The predicted octanol–water partition coefficient (Wildman–Crippen LogP) is 3.63. The summed E-state index contributed by atoms with van der Waals surface area (Å²) in [6, 6.07) is 8.69. The molecular weight excluding hydrogens is 274 g/mol. The molecule has 0 amide bonds. The third-order valence-corrected chi connectivity index (χ3v) is 5.31. The average molecular weight is 294 g/mol. The van der Waals surface area contributed by atoms with Gasteiger partial charge in [0, 0.05) is 11.0 Å². The van der Waals surface area contributed by atoms with Crippen molar-refractivity contribution >= 4 is 15.9 Å². The van der Waals surface area contributed by atoms with Crippen LogP contribution in [0.4, 0.5) is 0 Å². The molecule has 92 valence electrons. The Hall–Kier alpha value is -0.340. The summed E-state index contributed by atoms with van der Waals surface area (Å²) in [6.07, 6.45) is 5.59. The third-order valence-electron chi connectivity index (χ3n) is 4.53. The molecule has 1 nitrogen and oxygen atoms in total. The Morgan fingerprint density at radius 1 is 1.29 bits per heavy atom. The van der Waals surface area contributed by atoms with Gasteiger partial charge in [-0.25, -0.2) is 0 Å². The molecule has 2 aliphatic rings.